The smallest absolute Gasteiger partial charge is 0.119 e. The highest BCUT2D eigenvalue weighted by atomic mass is 16.3. The molecule has 19 heavy (non-hydrogen) atoms. The van der Waals surface area contributed by atoms with Crippen LogP contribution in [-0.4, -0.2) is 22.6 Å². The molecule has 0 radical (unpaired) electrons. The van der Waals surface area contributed by atoms with E-state index in [4.69, 9.17) is 0 Å². The predicted octanol–water partition coefficient (Wildman–Crippen LogP) is 4.14. The number of phenols is 1. The molecule has 1 aromatic carbocycles. The van der Waals surface area contributed by atoms with Gasteiger partial charge in [-0.05, 0) is 56.2 Å². The Balaban J connectivity index is 2.33. The number of hydrogen-bond acceptors (Lipinski definition) is 2. The highest BCUT2D eigenvalue weighted by Gasteiger charge is 2.29. The third kappa shape index (κ3) is 3.11. The minimum Gasteiger partial charge on any atom is -0.508 e. The van der Waals surface area contributed by atoms with Crippen molar-refractivity contribution in [3.63, 3.8) is 0 Å². The van der Waals surface area contributed by atoms with Crippen molar-refractivity contribution in [2.24, 2.45) is 5.92 Å². The standard InChI is InChI=1S/C17H27NO/c1-12(2)11-18(13(3)4)16-9-5-8-15-14(16)7-6-10-17(15)19/h6-7,10,12-13,16,19H,5,8-9,11H2,1-4H3. The molecule has 0 saturated carbocycles. The number of benzene rings is 1. The summed E-state index contributed by atoms with van der Waals surface area (Å²) in [6.45, 7) is 10.2. The molecule has 2 heteroatoms. The molecule has 1 aliphatic carbocycles. The van der Waals surface area contributed by atoms with Gasteiger partial charge in [0.25, 0.3) is 0 Å². The summed E-state index contributed by atoms with van der Waals surface area (Å²) in [5, 5.41) is 10.1. The van der Waals surface area contributed by atoms with Crippen molar-refractivity contribution in [2.45, 2.75) is 59.0 Å². The summed E-state index contributed by atoms with van der Waals surface area (Å²) in [7, 11) is 0. The second kappa shape index (κ2) is 5.96. The molecule has 0 saturated heterocycles. The summed E-state index contributed by atoms with van der Waals surface area (Å²) in [6, 6.07) is 7.03. The Morgan fingerprint density at radius 1 is 1.26 bits per heavy atom. The third-order valence-corrected chi connectivity index (χ3v) is 4.09. The van der Waals surface area contributed by atoms with Gasteiger partial charge in [0, 0.05) is 18.6 Å². The lowest BCUT2D eigenvalue weighted by Gasteiger charge is -2.39. The number of aromatic hydroxyl groups is 1. The maximum absolute atomic E-state index is 10.1. The van der Waals surface area contributed by atoms with E-state index >= 15 is 0 Å². The first-order chi connectivity index (χ1) is 9.00. The lowest BCUT2D eigenvalue weighted by molar-refractivity contribution is 0.121. The van der Waals surface area contributed by atoms with Crippen LogP contribution >= 0.6 is 0 Å². The highest BCUT2D eigenvalue weighted by Crippen LogP contribution is 2.39. The number of hydrogen-bond donors (Lipinski definition) is 1. The van der Waals surface area contributed by atoms with Crippen molar-refractivity contribution < 1.29 is 5.11 Å². The van der Waals surface area contributed by atoms with Crippen LogP contribution in [-0.2, 0) is 6.42 Å². The Hall–Kier alpha value is -1.02. The van der Waals surface area contributed by atoms with E-state index in [0.29, 0.717) is 23.8 Å². The zero-order valence-corrected chi connectivity index (χ0v) is 12.7. The second-order valence-corrected chi connectivity index (χ2v) is 6.44. The summed E-state index contributed by atoms with van der Waals surface area (Å²) < 4.78 is 0. The van der Waals surface area contributed by atoms with Gasteiger partial charge in [-0.2, -0.15) is 0 Å². The predicted molar refractivity (Wildman–Crippen MR) is 80.5 cm³/mol. The molecule has 0 amide bonds. The fourth-order valence-corrected chi connectivity index (χ4v) is 3.27. The molecule has 1 N–H and O–H groups in total. The van der Waals surface area contributed by atoms with E-state index in [2.05, 4.69) is 38.7 Å². The molecule has 2 nitrogen and oxygen atoms in total. The van der Waals surface area contributed by atoms with Gasteiger partial charge < -0.3 is 5.11 Å². The van der Waals surface area contributed by atoms with Crippen LogP contribution in [0.4, 0.5) is 0 Å². The van der Waals surface area contributed by atoms with Crippen LogP contribution in [0.15, 0.2) is 18.2 Å². The molecule has 106 valence electrons. The Morgan fingerprint density at radius 3 is 2.63 bits per heavy atom. The lowest BCUT2D eigenvalue weighted by atomic mass is 9.85. The van der Waals surface area contributed by atoms with Gasteiger partial charge in [-0.15, -0.1) is 0 Å². The molecule has 0 aliphatic heterocycles. The van der Waals surface area contributed by atoms with E-state index in [1.165, 1.54) is 24.0 Å². The zero-order valence-electron chi connectivity index (χ0n) is 12.7. The van der Waals surface area contributed by atoms with Crippen LogP contribution in [0.2, 0.25) is 0 Å². The molecule has 0 aromatic heterocycles. The summed E-state index contributed by atoms with van der Waals surface area (Å²) >= 11 is 0. The van der Waals surface area contributed by atoms with Gasteiger partial charge in [-0.25, -0.2) is 0 Å². The molecule has 1 aliphatic rings. The first-order valence-electron chi connectivity index (χ1n) is 7.57. The number of rotatable bonds is 4. The van der Waals surface area contributed by atoms with Crippen molar-refractivity contribution in [1.29, 1.82) is 0 Å². The van der Waals surface area contributed by atoms with E-state index in [-0.39, 0.29) is 0 Å². The topological polar surface area (TPSA) is 23.5 Å². The van der Waals surface area contributed by atoms with Crippen molar-refractivity contribution in [2.75, 3.05) is 6.54 Å². The van der Waals surface area contributed by atoms with Gasteiger partial charge in [-0.1, -0.05) is 26.0 Å². The summed E-state index contributed by atoms with van der Waals surface area (Å²) in [6.07, 6.45) is 3.41. The van der Waals surface area contributed by atoms with E-state index < -0.39 is 0 Å². The van der Waals surface area contributed by atoms with Crippen LogP contribution < -0.4 is 0 Å². The number of nitrogens with zero attached hydrogens (tertiary/aromatic N) is 1. The molecule has 2 rings (SSSR count). The van der Waals surface area contributed by atoms with E-state index in [9.17, 15) is 5.11 Å². The van der Waals surface area contributed by atoms with Gasteiger partial charge in [0.05, 0.1) is 0 Å². The van der Waals surface area contributed by atoms with Crippen LogP contribution in [0, 0.1) is 5.92 Å². The van der Waals surface area contributed by atoms with E-state index in [0.717, 1.165) is 13.0 Å². The average molecular weight is 261 g/mol. The van der Waals surface area contributed by atoms with Crippen molar-refractivity contribution >= 4 is 0 Å². The van der Waals surface area contributed by atoms with E-state index in [1.807, 2.05) is 12.1 Å². The normalized spacial score (nSPS) is 19.2. The monoisotopic (exact) mass is 261 g/mol. The molecular weight excluding hydrogens is 234 g/mol. The Labute approximate surface area is 117 Å². The van der Waals surface area contributed by atoms with Gasteiger partial charge in [0.15, 0.2) is 0 Å². The average Bonchev–Trinajstić information content (AvgIpc) is 2.35. The molecule has 0 heterocycles. The van der Waals surface area contributed by atoms with Gasteiger partial charge >= 0.3 is 0 Å². The van der Waals surface area contributed by atoms with Gasteiger partial charge in [0.2, 0.25) is 0 Å². The zero-order chi connectivity index (χ0) is 14.0. The summed E-state index contributed by atoms with van der Waals surface area (Å²) in [4.78, 5) is 2.60. The van der Waals surface area contributed by atoms with Crippen molar-refractivity contribution in [3.05, 3.63) is 29.3 Å². The number of fused-ring (bicyclic) bond motifs is 1. The fourth-order valence-electron chi connectivity index (χ4n) is 3.27. The van der Waals surface area contributed by atoms with Crippen LogP contribution in [0.25, 0.3) is 0 Å². The highest BCUT2D eigenvalue weighted by molar-refractivity contribution is 5.42. The van der Waals surface area contributed by atoms with E-state index in [1.54, 1.807) is 0 Å². The molecule has 1 atom stereocenters. The quantitative estimate of drug-likeness (QED) is 0.880. The third-order valence-electron chi connectivity index (χ3n) is 4.09. The second-order valence-electron chi connectivity index (χ2n) is 6.44. The van der Waals surface area contributed by atoms with Crippen molar-refractivity contribution in [1.82, 2.24) is 4.90 Å². The molecule has 0 bridgehead atoms. The minimum absolute atomic E-state index is 0.471. The number of phenolic OH excluding ortho intramolecular Hbond substituents is 1. The Bertz CT molecular complexity index is 425. The first kappa shape index (κ1) is 14.4. The summed E-state index contributed by atoms with van der Waals surface area (Å²) in [5.41, 5.74) is 2.52. The van der Waals surface area contributed by atoms with Gasteiger partial charge in [-0.3, -0.25) is 4.90 Å². The summed E-state index contributed by atoms with van der Waals surface area (Å²) in [5.74, 6) is 1.15. The molecule has 1 unspecified atom stereocenters. The molecular formula is C17H27NO. The minimum atomic E-state index is 0.471. The fraction of sp³-hybridized carbons (Fsp3) is 0.647. The first-order valence-corrected chi connectivity index (χ1v) is 7.57. The SMILES string of the molecule is CC(C)CN(C(C)C)C1CCCc2c(O)cccc21. The van der Waals surface area contributed by atoms with Gasteiger partial charge in [0.1, 0.15) is 5.75 Å². The lowest BCUT2D eigenvalue weighted by Crippen LogP contribution is -2.39. The maximum Gasteiger partial charge on any atom is 0.119 e. The van der Waals surface area contributed by atoms with Crippen LogP contribution in [0.1, 0.15) is 57.7 Å². The Kier molecular flexibility index (Phi) is 4.51. The van der Waals surface area contributed by atoms with Crippen LogP contribution in [0.5, 0.6) is 5.75 Å². The largest absolute Gasteiger partial charge is 0.508 e. The molecule has 0 spiro atoms. The molecule has 0 fully saturated rings. The van der Waals surface area contributed by atoms with Crippen molar-refractivity contribution in [3.8, 4) is 5.75 Å². The maximum atomic E-state index is 10.1. The van der Waals surface area contributed by atoms with Crippen LogP contribution in [0.3, 0.4) is 0 Å². The molecule has 1 aromatic rings. The Morgan fingerprint density at radius 2 is 2.00 bits per heavy atom.